The zero-order valence-electron chi connectivity index (χ0n) is 14.9. The van der Waals surface area contributed by atoms with Gasteiger partial charge < -0.3 is 19.7 Å². The van der Waals surface area contributed by atoms with Crippen molar-refractivity contribution >= 4 is 11.6 Å². The molecule has 0 radical (unpaired) electrons. The fourth-order valence-corrected chi connectivity index (χ4v) is 3.16. The lowest BCUT2D eigenvalue weighted by atomic mass is 9.93. The van der Waals surface area contributed by atoms with Crippen LogP contribution >= 0.6 is 0 Å². The molecule has 1 fully saturated rings. The number of nitro groups is 1. The number of nitrogens with zero attached hydrogens (tertiary/aromatic N) is 2. The summed E-state index contributed by atoms with van der Waals surface area (Å²) >= 11 is 0. The van der Waals surface area contributed by atoms with Crippen molar-refractivity contribution < 1.29 is 19.2 Å². The van der Waals surface area contributed by atoms with Crippen LogP contribution in [0.5, 0.6) is 11.5 Å². The maximum Gasteiger partial charge on any atom is 0.315 e. The van der Waals surface area contributed by atoms with E-state index < -0.39 is 4.92 Å². The molecule has 2 rings (SSSR count). The van der Waals surface area contributed by atoms with Gasteiger partial charge >= 0.3 is 5.69 Å². The molecule has 138 valence electrons. The van der Waals surface area contributed by atoms with E-state index in [1.165, 1.54) is 26.4 Å². The number of nitro benzene ring substituents is 1. The van der Waals surface area contributed by atoms with Crippen molar-refractivity contribution in [3.63, 3.8) is 0 Å². The van der Waals surface area contributed by atoms with Crippen LogP contribution in [0, 0.1) is 16.0 Å². The Labute approximate surface area is 147 Å². The Balaban J connectivity index is 2.17. The molecule has 1 aliphatic rings. The molecule has 25 heavy (non-hydrogen) atoms. The molecular formula is C17H25N3O5. The van der Waals surface area contributed by atoms with Crippen molar-refractivity contribution in [2.45, 2.75) is 19.3 Å². The molecule has 0 atom stereocenters. The van der Waals surface area contributed by atoms with E-state index in [0.29, 0.717) is 19.0 Å². The summed E-state index contributed by atoms with van der Waals surface area (Å²) in [5.41, 5.74) is -0.0212. The third kappa shape index (κ3) is 4.39. The minimum Gasteiger partial charge on any atom is -0.493 e. The number of methoxy groups -OCH3 is 2. The quantitative estimate of drug-likeness (QED) is 0.597. The van der Waals surface area contributed by atoms with Crippen molar-refractivity contribution in [1.82, 2.24) is 10.2 Å². The molecule has 0 saturated carbocycles. The Kier molecular flexibility index (Phi) is 6.58. The van der Waals surface area contributed by atoms with Gasteiger partial charge in [-0.25, -0.2) is 0 Å². The van der Waals surface area contributed by atoms with Crippen molar-refractivity contribution in [2.75, 3.05) is 40.9 Å². The molecule has 1 aromatic carbocycles. The maximum absolute atomic E-state index is 12.8. The van der Waals surface area contributed by atoms with Crippen LogP contribution in [0.4, 0.5) is 5.69 Å². The second-order valence-electron chi connectivity index (χ2n) is 6.12. The number of amides is 1. The number of piperidine rings is 1. The molecule has 8 heteroatoms. The molecule has 1 aromatic rings. The molecule has 1 heterocycles. The predicted molar refractivity (Wildman–Crippen MR) is 93.4 cm³/mol. The number of carbonyl (C=O) groups is 1. The van der Waals surface area contributed by atoms with Crippen LogP contribution in [0.3, 0.4) is 0 Å². The number of hydrogen-bond donors (Lipinski definition) is 1. The second-order valence-corrected chi connectivity index (χ2v) is 6.12. The van der Waals surface area contributed by atoms with Crippen molar-refractivity contribution in [3.05, 3.63) is 27.8 Å². The molecule has 8 nitrogen and oxygen atoms in total. The van der Waals surface area contributed by atoms with Gasteiger partial charge in [-0.1, -0.05) is 0 Å². The van der Waals surface area contributed by atoms with Gasteiger partial charge in [-0.3, -0.25) is 14.9 Å². The molecule has 1 saturated heterocycles. The topological polar surface area (TPSA) is 93.9 Å². The number of nitrogens with one attached hydrogen (secondary N) is 1. The minimum atomic E-state index is -0.567. The van der Waals surface area contributed by atoms with Crippen LogP contribution < -0.4 is 14.8 Å². The lowest BCUT2D eigenvalue weighted by molar-refractivity contribution is -0.385. The molecule has 0 spiro atoms. The average Bonchev–Trinajstić information content (AvgIpc) is 2.64. The van der Waals surface area contributed by atoms with E-state index in [1.54, 1.807) is 4.90 Å². The fraction of sp³-hybridized carbons (Fsp3) is 0.588. The zero-order chi connectivity index (χ0) is 18.4. The van der Waals surface area contributed by atoms with Crippen LogP contribution in [-0.4, -0.2) is 56.6 Å². The van der Waals surface area contributed by atoms with Gasteiger partial charge in [-0.2, -0.15) is 0 Å². The Bertz CT molecular complexity index is 627. The van der Waals surface area contributed by atoms with Crippen molar-refractivity contribution in [1.29, 1.82) is 0 Å². The van der Waals surface area contributed by atoms with Crippen molar-refractivity contribution in [3.8, 4) is 11.5 Å². The smallest absolute Gasteiger partial charge is 0.315 e. The molecular weight excluding hydrogens is 326 g/mol. The molecule has 0 bridgehead atoms. The van der Waals surface area contributed by atoms with Gasteiger partial charge in [0.2, 0.25) is 5.75 Å². The molecule has 0 unspecified atom stereocenters. The highest BCUT2D eigenvalue weighted by molar-refractivity contribution is 5.96. The summed E-state index contributed by atoms with van der Waals surface area (Å²) < 4.78 is 10.2. The minimum absolute atomic E-state index is 0.0230. The Morgan fingerprint density at radius 1 is 1.32 bits per heavy atom. The maximum atomic E-state index is 12.8. The fourth-order valence-electron chi connectivity index (χ4n) is 3.16. The van der Waals surface area contributed by atoms with E-state index in [4.69, 9.17) is 9.47 Å². The molecule has 0 aromatic heterocycles. The number of carbonyl (C=O) groups excluding carboxylic acids is 1. The summed E-state index contributed by atoms with van der Waals surface area (Å²) in [6, 6.07) is 2.76. The van der Waals surface area contributed by atoms with Gasteiger partial charge in [-0.05, 0) is 44.8 Å². The van der Waals surface area contributed by atoms with Crippen molar-refractivity contribution in [2.24, 2.45) is 5.92 Å². The monoisotopic (exact) mass is 351 g/mol. The van der Waals surface area contributed by atoms with E-state index in [2.05, 4.69) is 5.32 Å². The highest BCUT2D eigenvalue weighted by Crippen LogP contribution is 2.38. The third-order valence-electron chi connectivity index (χ3n) is 4.61. The highest BCUT2D eigenvalue weighted by atomic mass is 16.6. The van der Waals surface area contributed by atoms with Gasteiger partial charge in [0.05, 0.1) is 24.7 Å². The summed E-state index contributed by atoms with van der Waals surface area (Å²) in [7, 11) is 4.66. The van der Waals surface area contributed by atoms with E-state index in [0.717, 1.165) is 25.8 Å². The largest absolute Gasteiger partial charge is 0.493 e. The first-order chi connectivity index (χ1) is 12.0. The van der Waals surface area contributed by atoms with Gasteiger partial charge in [0, 0.05) is 19.2 Å². The van der Waals surface area contributed by atoms with Crippen LogP contribution in [0.15, 0.2) is 12.1 Å². The van der Waals surface area contributed by atoms with E-state index in [9.17, 15) is 14.9 Å². The van der Waals surface area contributed by atoms with Gasteiger partial charge in [-0.15, -0.1) is 0 Å². The lowest BCUT2D eigenvalue weighted by Gasteiger charge is -2.32. The average molecular weight is 351 g/mol. The zero-order valence-corrected chi connectivity index (χ0v) is 14.9. The van der Waals surface area contributed by atoms with Gasteiger partial charge in [0.15, 0.2) is 5.75 Å². The number of likely N-dealkylation sites (tertiary alicyclic amines) is 1. The Morgan fingerprint density at radius 2 is 2.00 bits per heavy atom. The summed E-state index contributed by atoms with van der Waals surface area (Å²) in [5.74, 6) is 0.603. The first kappa shape index (κ1) is 19.0. The molecule has 1 aliphatic heterocycles. The summed E-state index contributed by atoms with van der Waals surface area (Å²) in [6.45, 7) is 2.30. The van der Waals surface area contributed by atoms with Crippen LogP contribution in [0.1, 0.15) is 29.6 Å². The highest BCUT2D eigenvalue weighted by Gasteiger charge is 2.28. The number of ether oxygens (including phenoxy) is 2. The first-order valence-corrected chi connectivity index (χ1v) is 8.36. The SMILES string of the molecule is CNCCC1CCN(C(=O)c2cc(OC)c(OC)c([N+](=O)[O-])c2)CC1. The normalized spacial score (nSPS) is 15.1. The lowest BCUT2D eigenvalue weighted by Crippen LogP contribution is -2.39. The number of rotatable bonds is 7. The Hall–Kier alpha value is -2.35. The Morgan fingerprint density at radius 3 is 2.52 bits per heavy atom. The third-order valence-corrected chi connectivity index (χ3v) is 4.61. The number of hydrogen-bond acceptors (Lipinski definition) is 6. The summed E-state index contributed by atoms with van der Waals surface area (Å²) in [6.07, 6.45) is 2.99. The van der Waals surface area contributed by atoms with E-state index in [1.807, 2.05) is 7.05 Å². The van der Waals surface area contributed by atoms with E-state index >= 15 is 0 Å². The van der Waals surface area contributed by atoms with Crippen LogP contribution in [0.25, 0.3) is 0 Å². The van der Waals surface area contributed by atoms with E-state index in [-0.39, 0.29) is 28.7 Å². The summed E-state index contributed by atoms with van der Waals surface area (Å²) in [4.78, 5) is 25.2. The van der Waals surface area contributed by atoms with Crippen LogP contribution in [-0.2, 0) is 0 Å². The number of benzene rings is 1. The van der Waals surface area contributed by atoms with Gasteiger partial charge in [0.25, 0.3) is 5.91 Å². The molecule has 1 N–H and O–H groups in total. The molecule has 0 aliphatic carbocycles. The van der Waals surface area contributed by atoms with Gasteiger partial charge in [0.1, 0.15) is 0 Å². The predicted octanol–water partition coefficient (Wildman–Crippen LogP) is 2.07. The standard InChI is InChI=1S/C17H25N3O5/c1-18-7-4-12-5-8-19(9-6-12)17(21)13-10-14(20(22)23)16(25-3)15(11-13)24-2/h10-12,18H,4-9H2,1-3H3. The molecule has 1 amide bonds. The first-order valence-electron chi connectivity index (χ1n) is 8.36. The summed E-state index contributed by atoms with van der Waals surface area (Å²) in [5, 5.41) is 14.4. The second kappa shape index (κ2) is 8.66. The van der Waals surface area contributed by atoms with Crippen LogP contribution in [0.2, 0.25) is 0 Å².